The molecule has 0 N–H and O–H groups in total. The van der Waals surface area contributed by atoms with Gasteiger partial charge in [-0.05, 0) is 80.5 Å². The van der Waals surface area contributed by atoms with Crippen molar-refractivity contribution < 1.29 is 19.0 Å². The Kier molecular flexibility index (Phi) is 5.24. The van der Waals surface area contributed by atoms with Crippen LogP contribution in [0.1, 0.15) is 83.0 Å². The molecule has 3 heteroatoms. The second-order valence-electron chi connectivity index (χ2n) is 8.25. The molecule has 25 heavy (non-hydrogen) atoms. The lowest BCUT2D eigenvalue weighted by Gasteiger charge is -2.40. The van der Waals surface area contributed by atoms with Crippen molar-refractivity contribution in [3.8, 4) is 0 Å². The fourth-order valence-electron chi connectivity index (χ4n) is 5.28. The summed E-state index contributed by atoms with van der Waals surface area (Å²) in [5.74, 6) is -1.50. The Balaban J connectivity index is 1.68. The van der Waals surface area contributed by atoms with Gasteiger partial charge in [0.15, 0.2) is 0 Å². The highest BCUT2D eigenvalue weighted by Crippen LogP contribution is 2.45. The predicted octanol–water partition coefficient (Wildman–Crippen LogP) is 6.63. The molecule has 0 aromatic rings. The Morgan fingerprint density at radius 3 is 2.20 bits per heavy atom. The van der Waals surface area contributed by atoms with Gasteiger partial charge >= 0.3 is 0 Å². The van der Waals surface area contributed by atoms with E-state index in [0.717, 1.165) is 31.9 Å². The van der Waals surface area contributed by atoms with E-state index in [1.165, 1.54) is 38.5 Å². The zero-order valence-corrected chi connectivity index (χ0v) is 15.7. The Morgan fingerprint density at radius 2 is 1.64 bits per heavy atom. The lowest BCUT2D eigenvalue weighted by Crippen LogP contribution is -2.35. The Labute approximate surface area is 158 Å². The van der Waals surface area contributed by atoms with Crippen LogP contribution >= 0.6 is 0 Å². The zero-order chi connectivity index (χ0) is 21.4. The first-order chi connectivity index (χ1) is 13.6. The van der Waals surface area contributed by atoms with Crippen LogP contribution in [0.15, 0.2) is 11.9 Å². The molecule has 2 saturated carbocycles. The quantitative estimate of drug-likeness (QED) is 0.536. The van der Waals surface area contributed by atoms with Crippen molar-refractivity contribution in [2.45, 2.75) is 89.8 Å². The van der Waals surface area contributed by atoms with Crippen LogP contribution in [0.25, 0.3) is 0 Å². The van der Waals surface area contributed by atoms with Crippen LogP contribution in [0.3, 0.4) is 0 Å². The SMILES string of the molecule is [2H]C1(F)C(OC)C(F)=CC([2H])(C2CCC(C3CCC(CCC)CC3)CC2)C1([2H])[2H]. The minimum atomic E-state index is -3.34. The molecule has 0 bridgehead atoms. The molecule has 0 radical (unpaired) electrons. The summed E-state index contributed by atoms with van der Waals surface area (Å²) < 4.78 is 67.4. The molecule has 0 aromatic heterocycles. The molecular formula is C22H36F2O. The van der Waals surface area contributed by atoms with E-state index in [1.807, 2.05) is 0 Å². The Bertz CT molecular complexity index is 596. The van der Waals surface area contributed by atoms with Crippen molar-refractivity contribution in [3.05, 3.63) is 11.9 Å². The maximum absolute atomic E-state index is 15.0. The van der Waals surface area contributed by atoms with Crippen molar-refractivity contribution in [2.24, 2.45) is 29.6 Å². The molecule has 3 aliphatic carbocycles. The van der Waals surface area contributed by atoms with E-state index in [4.69, 9.17) is 10.2 Å². The fourth-order valence-corrected chi connectivity index (χ4v) is 5.28. The lowest BCUT2D eigenvalue weighted by atomic mass is 9.66. The lowest BCUT2D eigenvalue weighted by molar-refractivity contribution is 0.0160. The van der Waals surface area contributed by atoms with E-state index in [0.29, 0.717) is 24.7 Å². The molecule has 0 aromatic carbocycles. The first-order valence-electron chi connectivity index (χ1n) is 12.2. The summed E-state index contributed by atoms with van der Waals surface area (Å²) in [4.78, 5) is 0. The van der Waals surface area contributed by atoms with Crippen LogP contribution in [-0.4, -0.2) is 19.4 Å². The van der Waals surface area contributed by atoms with E-state index in [1.54, 1.807) is 0 Å². The number of alkyl halides is 1. The van der Waals surface area contributed by atoms with Crippen LogP contribution in [-0.2, 0) is 4.74 Å². The molecule has 3 atom stereocenters. The monoisotopic (exact) mass is 358 g/mol. The van der Waals surface area contributed by atoms with Gasteiger partial charge in [-0.2, -0.15) is 0 Å². The van der Waals surface area contributed by atoms with Crippen molar-refractivity contribution in [1.82, 2.24) is 0 Å². The van der Waals surface area contributed by atoms with E-state index < -0.39 is 36.3 Å². The highest BCUT2D eigenvalue weighted by atomic mass is 19.1. The van der Waals surface area contributed by atoms with Gasteiger partial charge in [0.05, 0.1) is 1.37 Å². The van der Waals surface area contributed by atoms with Crippen molar-refractivity contribution >= 4 is 0 Å². The number of halogens is 2. The number of methoxy groups -OCH3 is 1. The molecule has 1 nitrogen and oxygen atoms in total. The van der Waals surface area contributed by atoms with E-state index in [-0.39, 0.29) is 0 Å². The third kappa shape index (κ3) is 4.64. The van der Waals surface area contributed by atoms with Gasteiger partial charge in [0.25, 0.3) is 0 Å². The van der Waals surface area contributed by atoms with Gasteiger partial charge in [0.1, 0.15) is 18.1 Å². The van der Waals surface area contributed by atoms with Crippen molar-refractivity contribution in [2.75, 3.05) is 7.11 Å². The smallest absolute Gasteiger partial charge is 0.139 e. The van der Waals surface area contributed by atoms with Gasteiger partial charge in [-0.1, -0.05) is 32.6 Å². The number of hydrogen-bond acceptors (Lipinski definition) is 1. The second-order valence-corrected chi connectivity index (χ2v) is 8.25. The van der Waals surface area contributed by atoms with Crippen LogP contribution in [0.4, 0.5) is 8.78 Å². The minimum absolute atomic E-state index is 0.491. The first-order valence-corrected chi connectivity index (χ1v) is 10.2. The van der Waals surface area contributed by atoms with Crippen LogP contribution in [0.5, 0.6) is 0 Å². The summed E-state index contributed by atoms with van der Waals surface area (Å²) in [6.45, 7) is 2.24. The molecule has 0 spiro atoms. The average Bonchev–Trinajstić information content (AvgIpc) is 2.68. The largest absolute Gasteiger partial charge is 0.371 e. The third-order valence-corrected chi connectivity index (χ3v) is 6.74. The number of rotatable bonds is 5. The Hall–Kier alpha value is -0.440. The predicted molar refractivity (Wildman–Crippen MR) is 98.8 cm³/mol. The van der Waals surface area contributed by atoms with Crippen molar-refractivity contribution in [3.63, 3.8) is 0 Å². The maximum Gasteiger partial charge on any atom is 0.139 e. The summed E-state index contributed by atoms with van der Waals surface area (Å²) in [6.07, 6.45) is 3.34. The summed E-state index contributed by atoms with van der Waals surface area (Å²) in [5, 5.41) is 0. The molecule has 3 unspecified atom stereocenters. The standard InChI is InChI=1S/C22H36F2O/c1-3-4-15-5-7-16(8-6-15)17-9-11-18(12-10-17)19-13-20(23)22(25-2)21(24)14-19/h13,15-19,21-22H,3-12,14H2,1-2H3/i14D2,19D,21D. The second kappa shape index (κ2) is 8.97. The molecule has 0 saturated heterocycles. The summed E-state index contributed by atoms with van der Waals surface area (Å²) in [5.41, 5.74) is 0. The molecular weight excluding hydrogens is 318 g/mol. The molecule has 0 heterocycles. The highest BCUT2D eigenvalue weighted by Gasteiger charge is 2.38. The van der Waals surface area contributed by atoms with Gasteiger partial charge in [0.2, 0.25) is 0 Å². The first kappa shape index (κ1) is 14.6. The number of allylic oxidation sites excluding steroid dienone is 1. The molecule has 2 fully saturated rings. The minimum Gasteiger partial charge on any atom is -0.371 e. The summed E-state index contributed by atoms with van der Waals surface area (Å²) in [6, 6.07) is 0. The summed E-state index contributed by atoms with van der Waals surface area (Å²) >= 11 is 0. The van der Waals surface area contributed by atoms with E-state index in [9.17, 15) is 4.39 Å². The zero-order valence-electron chi connectivity index (χ0n) is 19.7. The normalized spacial score (nSPS) is 53.1. The Morgan fingerprint density at radius 1 is 1.08 bits per heavy atom. The number of ether oxygens (including phenoxy) is 1. The van der Waals surface area contributed by atoms with E-state index >= 15 is 4.39 Å². The van der Waals surface area contributed by atoms with Gasteiger partial charge in [-0.15, -0.1) is 0 Å². The molecule has 144 valence electrons. The maximum atomic E-state index is 15.0. The number of hydrogen-bond donors (Lipinski definition) is 0. The van der Waals surface area contributed by atoms with Gasteiger partial charge < -0.3 is 4.74 Å². The van der Waals surface area contributed by atoms with Crippen LogP contribution in [0.2, 0.25) is 0 Å². The van der Waals surface area contributed by atoms with Gasteiger partial charge in [0, 0.05) is 11.2 Å². The van der Waals surface area contributed by atoms with Crippen LogP contribution < -0.4 is 0 Å². The fraction of sp³-hybridized carbons (Fsp3) is 0.909. The highest BCUT2D eigenvalue weighted by molar-refractivity contribution is 5.11. The third-order valence-electron chi connectivity index (χ3n) is 6.74. The van der Waals surface area contributed by atoms with Gasteiger partial charge in [-0.3, -0.25) is 0 Å². The van der Waals surface area contributed by atoms with Crippen molar-refractivity contribution in [1.29, 1.82) is 0 Å². The molecule has 0 amide bonds. The van der Waals surface area contributed by atoms with E-state index in [2.05, 4.69) is 6.92 Å². The van der Waals surface area contributed by atoms with Crippen LogP contribution in [0, 0.1) is 29.6 Å². The van der Waals surface area contributed by atoms with Gasteiger partial charge in [-0.25, -0.2) is 8.78 Å². The molecule has 3 rings (SSSR count). The topological polar surface area (TPSA) is 9.23 Å². The summed E-state index contributed by atoms with van der Waals surface area (Å²) in [7, 11) is 1.06. The molecule has 0 aliphatic heterocycles. The molecule has 3 aliphatic rings. The average molecular weight is 359 g/mol.